The Morgan fingerprint density at radius 3 is 2.71 bits per heavy atom. The predicted octanol–water partition coefficient (Wildman–Crippen LogP) is 3.58. The summed E-state index contributed by atoms with van der Waals surface area (Å²) in [6, 6.07) is 8.37. The zero-order chi connectivity index (χ0) is 22.1. The normalized spacial score (nSPS) is 15.0. The van der Waals surface area contributed by atoms with Gasteiger partial charge in [-0.15, -0.1) is 0 Å². The van der Waals surface area contributed by atoms with E-state index in [4.69, 9.17) is 0 Å². The van der Waals surface area contributed by atoms with Gasteiger partial charge in [-0.05, 0) is 78.7 Å². The molecule has 31 heavy (non-hydrogen) atoms. The van der Waals surface area contributed by atoms with Crippen molar-refractivity contribution in [2.75, 3.05) is 24.5 Å². The molecule has 1 fully saturated rings. The molecule has 1 aromatic carbocycles. The van der Waals surface area contributed by atoms with E-state index in [-0.39, 0.29) is 5.82 Å². The summed E-state index contributed by atoms with van der Waals surface area (Å²) in [4.78, 5) is 33.7. The van der Waals surface area contributed by atoms with Gasteiger partial charge in [0, 0.05) is 25.8 Å². The third kappa shape index (κ3) is 7.45. The lowest BCUT2D eigenvalue weighted by Gasteiger charge is -2.32. The van der Waals surface area contributed by atoms with Crippen molar-refractivity contribution in [2.45, 2.75) is 26.3 Å². The molecular weight excluding hydrogens is 417 g/mol. The molecule has 3 rings (SSSR count). The van der Waals surface area contributed by atoms with Crippen LogP contribution < -0.4 is 15.5 Å². The monoisotopic (exact) mass is 443 g/mol. The van der Waals surface area contributed by atoms with Gasteiger partial charge >= 0.3 is 0 Å². The molecule has 9 heteroatoms. The highest BCUT2D eigenvalue weighted by atomic mass is 32.2. The van der Waals surface area contributed by atoms with Crippen molar-refractivity contribution >= 4 is 35.4 Å². The van der Waals surface area contributed by atoms with E-state index in [2.05, 4.69) is 25.5 Å². The van der Waals surface area contributed by atoms with Crippen LogP contribution in [-0.4, -0.2) is 41.3 Å². The Morgan fingerprint density at radius 1 is 1.26 bits per heavy atom. The van der Waals surface area contributed by atoms with E-state index < -0.39 is 5.24 Å². The number of halogens is 1. The number of carbonyl (C=O) groups excluding carboxylic acids is 2. The Hall–Kier alpha value is -2.78. The summed E-state index contributed by atoms with van der Waals surface area (Å²) in [6.45, 7) is 5.21. The van der Waals surface area contributed by atoms with Crippen LogP contribution in [0.3, 0.4) is 0 Å². The number of hydrogen-bond acceptors (Lipinski definition) is 7. The van der Waals surface area contributed by atoms with Gasteiger partial charge in [0.05, 0.1) is 5.69 Å². The third-order valence-electron chi connectivity index (χ3n) is 5.02. The first-order valence-electron chi connectivity index (χ1n) is 10.2. The zero-order valence-corrected chi connectivity index (χ0v) is 18.2. The van der Waals surface area contributed by atoms with E-state index in [1.54, 1.807) is 37.4 Å². The Kier molecular flexibility index (Phi) is 8.54. The highest BCUT2D eigenvalue weighted by Gasteiger charge is 2.20. The molecule has 0 atom stereocenters. The molecule has 0 radical (unpaired) electrons. The number of nitrogens with zero attached hydrogens (tertiary/aromatic N) is 3. The summed E-state index contributed by atoms with van der Waals surface area (Å²) in [5.74, 6) is 1.05. The van der Waals surface area contributed by atoms with Crippen LogP contribution in [0.25, 0.3) is 6.08 Å². The quantitative estimate of drug-likeness (QED) is 0.603. The van der Waals surface area contributed by atoms with E-state index in [1.807, 2.05) is 0 Å². The number of carbonyl (C=O) groups is 2. The molecule has 1 aliphatic heterocycles. The molecule has 0 spiro atoms. The Bertz CT molecular complexity index is 914. The van der Waals surface area contributed by atoms with Crippen molar-refractivity contribution in [3.05, 3.63) is 58.5 Å². The van der Waals surface area contributed by atoms with Gasteiger partial charge in [-0.25, -0.2) is 14.4 Å². The van der Waals surface area contributed by atoms with Gasteiger partial charge in [0.2, 0.25) is 12.4 Å². The van der Waals surface area contributed by atoms with E-state index in [0.29, 0.717) is 18.3 Å². The lowest BCUT2D eigenvalue weighted by Crippen LogP contribution is -2.38. The van der Waals surface area contributed by atoms with Crippen molar-refractivity contribution in [2.24, 2.45) is 5.92 Å². The molecule has 2 heterocycles. The van der Waals surface area contributed by atoms with Crippen molar-refractivity contribution in [1.82, 2.24) is 20.6 Å². The lowest BCUT2D eigenvalue weighted by atomic mass is 9.97. The first kappa shape index (κ1) is 22.9. The number of hydrogen-bond donors (Lipinski definition) is 2. The fourth-order valence-electron chi connectivity index (χ4n) is 3.42. The molecule has 0 saturated carbocycles. The summed E-state index contributed by atoms with van der Waals surface area (Å²) in [6.07, 6.45) is 5.97. The van der Waals surface area contributed by atoms with Gasteiger partial charge in [0.25, 0.3) is 5.24 Å². The van der Waals surface area contributed by atoms with E-state index in [0.717, 1.165) is 66.9 Å². The van der Waals surface area contributed by atoms with Crippen molar-refractivity contribution < 1.29 is 14.0 Å². The summed E-state index contributed by atoms with van der Waals surface area (Å²) >= 11 is 0.948. The number of piperidine rings is 1. The van der Waals surface area contributed by atoms with Crippen molar-refractivity contribution in [1.29, 1.82) is 0 Å². The van der Waals surface area contributed by atoms with Crippen LogP contribution in [0.15, 0.2) is 41.4 Å². The summed E-state index contributed by atoms with van der Waals surface area (Å²) in [5.41, 5.74) is 1.80. The molecule has 164 valence electrons. The smallest absolute Gasteiger partial charge is 0.289 e. The Balaban J connectivity index is 1.47. The average Bonchev–Trinajstić information content (AvgIpc) is 2.76. The molecule has 0 aliphatic carbocycles. The Labute approximate surface area is 185 Å². The molecule has 7 nitrogen and oxygen atoms in total. The maximum Gasteiger partial charge on any atom is 0.289 e. The van der Waals surface area contributed by atoms with E-state index in [9.17, 15) is 14.0 Å². The van der Waals surface area contributed by atoms with Crippen LogP contribution in [0.4, 0.5) is 15.1 Å². The summed E-state index contributed by atoms with van der Waals surface area (Å²) < 4.78 is 13.0. The minimum atomic E-state index is -0.423. The van der Waals surface area contributed by atoms with E-state index >= 15 is 0 Å². The lowest BCUT2D eigenvalue weighted by molar-refractivity contribution is -0.108. The van der Waals surface area contributed by atoms with Gasteiger partial charge in [-0.1, -0.05) is 12.1 Å². The number of nitrogens with one attached hydrogen (secondary N) is 2. The standard InChI is InChI=1S/C22H26FN5O2S/c1-16(31-22(30)26-15-29)12-20-6-9-25-21(27-20)28-10-7-18(8-11-28)14-24-13-17-2-4-19(23)5-3-17/h2-6,9,12,15,18,24H,7-8,10-11,13-14H2,1H3,(H,26,29,30)/b16-12-. The van der Waals surface area contributed by atoms with Crippen LogP contribution in [0.1, 0.15) is 31.0 Å². The molecule has 2 N–H and O–H groups in total. The van der Waals surface area contributed by atoms with Gasteiger partial charge < -0.3 is 10.2 Å². The average molecular weight is 444 g/mol. The second-order valence-electron chi connectivity index (χ2n) is 7.38. The number of rotatable bonds is 8. The van der Waals surface area contributed by atoms with Crippen molar-refractivity contribution in [3.63, 3.8) is 0 Å². The molecule has 2 aromatic rings. The highest BCUT2D eigenvalue weighted by Crippen LogP contribution is 2.22. The van der Waals surface area contributed by atoms with Gasteiger partial charge in [-0.3, -0.25) is 14.9 Å². The number of anilines is 1. The first-order valence-corrected chi connectivity index (χ1v) is 11.0. The maximum absolute atomic E-state index is 13.0. The summed E-state index contributed by atoms with van der Waals surface area (Å²) in [7, 11) is 0. The topological polar surface area (TPSA) is 87.2 Å². The molecular formula is C22H26FN5O2S. The minimum absolute atomic E-state index is 0.213. The number of imide groups is 1. The number of allylic oxidation sites excluding steroid dienone is 1. The fraction of sp³-hybridized carbons (Fsp3) is 0.364. The molecule has 2 amide bonds. The second kappa shape index (κ2) is 11.6. The molecule has 1 aliphatic rings. The van der Waals surface area contributed by atoms with Crippen LogP contribution >= 0.6 is 11.8 Å². The summed E-state index contributed by atoms with van der Waals surface area (Å²) in [5, 5.41) is 5.14. The fourth-order valence-corrected chi connectivity index (χ4v) is 4.00. The van der Waals surface area contributed by atoms with Crippen LogP contribution in [0, 0.1) is 11.7 Å². The number of aromatic nitrogens is 2. The van der Waals surface area contributed by atoms with Gasteiger partial charge in [0.15, 0.2) is 0 Å². The van der Waals surface area contributed by atoms with Gasteiger partial charge in [0.1, 0.15) is 5.82 Å². The van der Waals surface area contributed by atoms with Gasteiger partial charge in [-0.2, -0.15) is 0 Å². The largest absolute Gasteiger partial charge is 0.341 e. The maximum atomic E-state index is 13.0. The zero-order valence-electron chi connectivity index (χ0n) is 17.4. The molecule has 1 aromatic heterocycles. The molecule has 1 saturated heterocycles. The first-order chi connectivity index (χ1) is 15.0. The predicted molar refractivity (Wildman–Crippen MR) is 121 cm³/mol. The second-order valence-corrected chi connectivity index (χ2v) is 8.59. The highest BCUT2D eigenvalue weighted by molar-refractivity contribution is 8.17. The Morgan fingerprint density at radius 2 is 2.00 bits per heavy atom. The van der Waals surface area contributed by atoms with Crippen molar-refractivity contribution in [3.8, 4) is 0 Å². The van der Waals surface area contributed by atoms with Crippen LogP contribution in [0.5, 0.6) is 0 Å². The molecule has 0 unspecified atom stereocenters. The number of benzene rings is 1. The molecule has 0 bridgehead atoms. The minimum Gasteiger partial charge on any atom is -0.341 e. The van der Waals surface area contributed by atoms with Crippen LogP contribution in [0.2, 0.25) is 0 Å². The SMILES string of the molecule is C/C(=C/c1ccnc(N2CCC(CNCc3ccc(F)cc3)CC2)n1)SC(=O)NC=O. The van der Waals surface area contributed by atoms with Crippen LogP contribution in [-0.2, 0) is 11.3 Å². The number of thioether (sulfide) groups is 1. The number of amides is 2. The third-order valence-corrected chi connectivity index (χ3v) is 5.76. The van der Waals surface area contributed by atoms with E-state index in [1.165, 1.54) is 12.1 Å².